The Hall–Kier alpha value is -2.95. The van der Waals surface area contributed by atoms with Crippen molar-refractivity contribution in [2.45, 2.75) is 51.4 Å². The van der Waals surface area contributed by atoms with Crippen LogP contribution in [0.1, 0.15) is 55.8 Å². The van der Waals surface area contributed by atoms with Crippen molar-refractivity contribution in [1.29, 1.82) is 0 Å². The molecule has 1 heterocycles. The van der Waals surface area contributed by atoms with Crippen molar-refractivity contribution in [3.63, 3.8) is 0 Å². The number of methoxy groups -OCH3 is 2. The zero-order valence-electron chi connectivity index (χ0n) is 19.2. The molecule has 0 aliphatic heterocycles. The van der Waals surface area contributed by atoms with E-state index in [1.807, 2.05) is 30.3 Å². The number of nitrogens with zero attached hydrogens (tertiary/aromatic N) is 1. The molecular formula is C27H28FNO3. The summed E-state index contributed by atoms with van der Waals surface area (Å²) in [6.07, 6.45) is 2.32. The number of hydrogen-bond acceptors (Lipinski definition) is 4. The Labute approximate surface area is 187 Å². The first-order chi connectivity index (χ1) is 15.2. The SMILES string of the molecule is COC(=O)C12CC(c3nc4cc(OC)ccc4c(-c4ccc(F)c(C)c4)c3C(C)C)(C1)C2. The van der Waals surface area contributed by atoms with Gasteiger partial charge in [0.2, 0.25) is 0 Å². The molecular weight excluding hydrogens is 405 g/mol. The van der Waals surface area contributed by atoms with Crippen LogP contribution in [0.4, 0.5) is 4.39 Å². The highest BCUT2D eigenvalue weighted by atomic mass is 19.1. The minimum Gasteiger partial charge on any atom is -0.497 e. The third-order valence-corrected chi connectivity index (χ3v) is 7.41. The predicted molar refractivity (Wildman–Crippen MR) is 122 cm³/mol. The number of halogens is 1. The van der Waals surface area contributed by atoms with Gasteiger partial charge in [-0.3, -0.25) is 9.78 Å². The maximum Gasteiger partial charge on any atom is 0.311 e. The summed E-state index contributed by atoms with van der Waals surface area (Å²) in [7, 11) is 3.11. The van der Waals surface area contributed by atoms with Gasteiger partial charge in [-0.25, -0.2) is 4.39 Å². The van der Waals surface area contributed by atoms with E-state index < -0.39 is 0 Å². The number of benzene rings is 2. The highest BCUT2D eigenvalue weighted by molar-refractivity contribution is 5.98. The molecule has 0 radical (unpaired) electrons. The van der Waals surface area contributed by atoms with Crippen LogP contribution < -0.4 is 4.74 Å². The molecule has 0 amide bonds. The van der Waals surface area contributed by atoms with Crippen molar-refractivity contribution < 1.29 is 18.7 Å². The fourth-order valence-corrected chi connectivity index (χ4v) is 5.94. The van der Waals surface area contributed by atoms with Crippen LogP contribution in [0.15, 0.2) is 36.4 Å². The van der Waals surface area contributed by atoms with Gasteiger partial charge < -0.3 is 9.47 Å². The molecule has 166 valence electrons. The number of aryl methyl sites for hydroxylation is 1. The number of carbonyl (C=O) groups excluding carboxylic acids is 1. The Morgan fingerprint density at radius 1 is 1.09 bits per heavy atom. The first kappa shape index (κ1) is 20.9. The molecule has 2 bridgehead atoms. The molecule has 3 fully saturated rings. The van der Waals surface area contributed by atoms with Gasteiger partial charge in [0.05, 0.1) is 30.8 Å². The van der Waals surface area contributed by atoms with E-state index >= 15 is 0 Å². The Balaban J connectivity index is 1.77. The van der Waals surface area contributed by atoms with Crippen LogP contribution in [0.5, 0.6) is 5.75 Å². The number of fused-ring (bicyclic) bond motifs is 1. The summed E-state index contributed by atoms with van der Waals surface area (Å²) in [5.74, 6) is 0.646. The fraction of sp³-hybridized carbons (Fsp3) is 0.407. The summed E-state index contributed by atoms with van der Waals surface area (Å²) in [5, 5.41) is 1.03. The van der Waals surface area contributed by atoms with Crippen molar-refractivity contribution in [3.05, 3.63) is 59.0 Å². The summed E-state index contributed by atoms with van der Waals surface area (Å²) in [6.45, 7) is 6.15. The van der Waals surface area contributed by atoms with Crippen molar-refractivity contribution in [3.8, 4) is 16.9 Å². The minimum absolute atomic E-state index is 0.102. The number of rotatable bonds is 5. The number of aromatic nitrogens is 1. The Morgan fingerprint density at radius 3 is 2.41 bits per heavy atom. The zero-order chi connectivity index (χ0) is 22.8. The second-order valence-electron chi connectivity index (χ2n) is 9.83. The van der Waals surface area contributed by atoms with Crippen LogP contribution in [0.2, 0.25) is 0 Å². The van der Waals surface area contributed by atoms with Crippen LogP contribution in [0.3, 0.4) is 0 Å². The van der Waals surface area contributed by atoms with Gasteiger partial charge in [0.15, 0.2) is 0 Å². The number of pyridine rings is 1. The Kier molecular flexibility index (Phi) is 4.59. The molecule has 3 aliphatic rings. The molecule has 0 saturated heterocycles. The maximum atomic E-state index is 14.1. The lowest BCUT2D eigenvalue weighted by Crippen LogP contribution is -2.68. The van der Waals surface area contributed by atoms with Gasteiger partial charge in [-0.2, -0.15) is 0 Å². The maximum absolute atomic E-state index is 14.1. The van der Waals surface area contributed by atoms with E-state index in [0.717, 1.165) is 52.7 Å². The van der Waals surface area contributed by atoms with Crippen LogP contribution in [0, 0.1) is 18.2 Å². The van der Waals surface area contributed by atoms with Gasteiger partial charge in [-0.1, -0.05) is 19.9 Å². The van der Waals surface area contributed by atoms with Crippen molar-refractivity contribution >= 4 is 16.9 Å². The lowest BCUT2D eigenvalue weighted by Gasteiger charge is -2.68. The molecule has 3 aromatic rings. The normalized spacial score (nSPS) is 23.6. The number of ether oxygens (including phenoxy) is 2. The summed E-state index contributed by atoms with van der Waals surface area (Å²) in [6, 6.07) is 11.3. The van der Waals surface area contributed by atoms with Crippen molar-refractivity contribution in [2.24, 2.45) is 5.41 Å². The third kappa shape index (κ3) is 2.79. The molecule has 0 N–H and O–H groups in total. The van der Waals surface area contributed by atoms with Crippen LogP contribution in [-0.4, -0.2) is 25.2 Å². The molecule has 0 unspecified atom stereocenters. The van der Waals surface area contributed by atoms with Gasteiger partial charge in [0, 0.05) is 16.9 Å². The molecule has 3 saturated carbocycles. The first-order valence-electron chi connectivity index (χ1n) is 11.1. The minimum atomic E-state index is -0.347. The molecule has 4 nitrogen and oxygen atoms in total. The molecule has 5 heteroatoms. The Bertz CT molecular complexity index is 1240. The van der Waals surface area contributed by atoms with Gasteiger partial charge in [-0.15, -0.1) is 0 Å². The van der Waals surface area contributed by atoms with E-state index in [1.165, 1.54) is 18.7 Å². The molecule has 0 atom stereocenters. The predicted octanol–water partition coefficient (Wildman–Crippen LogP) is 6.08. The number of carbonyl (C=O) groups is 1. The Morgan fingerprint density at radius 2 is 1.81 bits per heavy atom. The van der Waals surface area contributed by atoms with E-state index in [4.69, 9.17) is 14.5 Å². The van der Waals surface area contributed by atoms with E-state index in [1.54, 1.807) is 14.0 Å². The van der Waals surface area contributed by atoms with Crippen molar-refractivity contribution in [1.82, 2.24) is 4.98 Å². The monoisotopic (exact) mass is 433 g/mol. The molecule has 1 aromatic heterocycles. The molecule has 6 rings (SSSR count). The molecule has 3 aliphatic carbocycles. The molecule has 32 heavy (non-hydrogen) atoms. The number of esters is 1. The first-order valence-corrected chi connectivity index (χ1v) is 11.1. The van der Waals surface area contributed by atoms with Gasteiger partial charge in [-0.05, 0) is 78.6 Å². The van der Waals surface area contributed by atoms with Gasteiger partial charge in [0.25, 0.3) is 0 Å². The average molecular weight is 434 g/mol. The smallest absolute Gasteiger partial charge is 0.311 e. The van der Waals surface area contributed by atoms with Crippen LogP contribution in [0.25, 0.3) is 22.0 Å². The fourth-order valence-electron chi connectivity index (χ4n) is 5.94. The van der Waals surface area contributed by atoms with Gasteiger partial charge >= 0.3 is 5.97 Å². The van der Waals surface area contributed by atoms with E-state index in [-0.39, 0.29) is 28.5 Å². The largest absolute Gasteiger partial charge is 0.497 e. The van der Waals surface area contributed by atoms with E-state index in [2.05, 4.69) is 13.8 Å². The lowest BCUT2D eigenvalue weighted by atomic mass is 9.33. The van der Waals surface area contributed by atoms with Crippen molar-refractivity contribution in [2.75, 3.05) is 14.2 Å². The molecule has 0 spiro atoms. The summed E-state index contributed by atoms with van der Waals surface area (Å²) < 4.78 is 24.6. The summed E-state index contributed by atoms with van der Waals surface area (Å²) in [5.41, 5.74) is 5.37. The topological polar surface area (TPSA) is 48.4 Å². The van der Waals surface area contributed by atoms with Crippen LogP contribution >= 0.6 is 0 Å². The van der Waals surface area contributed by atoms with E-state index in [0.29, 0.717) is 5.56 Å². The lowest BCUT2D eigenvalue weighted by molar-refractivity contribution is -0.198. The standard InChI is InChI=1S/C27H28FNO3/c1-15(2)22-23(17-6-9-20(28)16(3)10-17)19-8-7-18(31-4)11-21(19)29-24(22)26-12-27(13-26,14-26)25(30)32-5/h6-11,15H,12-14H2,1-5H3. The highest BCUT2D eigenvalue weighted by Crippen LogP contribution is 2.74. The summed E-state index contributed by atoms with van der Waals surface area (Å²) in [4.78, 5) is 17.5. The average Bonchev–Trinajstić information content (AvgIpc) is 2.72. The van der Waals surface area contributed by atoms with E-state index in [9.17, 15) is 9.18 Å². The zero-order valence-corrected chi connectivity index (χ0v) is 19.2. The third-order valence-electron chi connectivity index (χ3n) is 7.41. The highest BCUT2D eigenvalue weighted by Gasteiger charge is 2.74. The second-order valence-corrected chi connectivity index (χ2v) is 9.83. The molecule has 2 aromatic carbocycles. The summed E-state index contributed by atoms with van der Waals surface area (Å²) >= 11 is 0. The van der Waals surface area contributed by atoms with Gasteiger partial charge in [0.1, 0.15) is 11.6 Å². The van der Waals surface area contributed by atoms with Crippen LogP contribution in [-0.2, 0) is 14.9 Å². The number of hydrogen-bond donors (Lipinski definition) is 0. The quantitative estimate of drug-likeness (QED) is 0.458. The second kappa shape index (κ2) is 7.03.